The molecule has 0 fully saturated rings. The first-order valence-electron chi connectivity index (χ1n) is 14.7. The highest BCUT2D eigenvalue weighted by Gasteiger charge is 2.10. The number of benzene rings is 3. The zero-order chi connectivity index (χ0) is 27.0. The standard InChI is InChI=1S/C35H46O3/c1-4-6-8-9-10-11-12-13-27-37-28(3)30-17-19-31(20-18-30)32-21-23-33(24-22-32)35(36)38-34-25-15-29(16-26-34)14-7-5-2/h15-26,28H,4-14,27H2,1-3H3. The smallest absolute Gasteiger partial charge is 0.343 e. The van der Waals surface area contributed by atoms with Gasteiger partial charge in [0, 0.05) is 6.61 Å². The Morgan fingerprint density at radius 2 is 1.21 bits per heavy atom. The fourth-order valence-electron chi connectivity index (χ4n) is 4.61. The Labute approximate surface area is 230 Å². The first-order valence-corrected chi connectivity index (χ1v) is 14.7. The van der Waals surface area contributed by atoms with Crippen molar-refractivity contribution in [2.45, 2.75) is 97.5 Å². The molecule has 0 saturated carbocycles. The third-order valence-electron chi connectivity index (χ3n) is 7.15. The Bertz CT molecular complexity index is 1050. The number of esters is 1. The summed E-state index contributed by atoms with van der Waals surface area (Å²) in [4.78, 5) is 12.6. The second-order valence-corrected chi connectivity index (χ2v) is 10.3. The molecule has 3 aromatic rings. The lowest BCUT2D eigenvalue weighted by atomic mass is 10.0. The third-order valence-corrected chi connectivity index (χ3v) is 7.15. The van der Waals surface area contributed by atoms with Crippen molar-refractivity contribution >= 4 is 5.97 Å². The van der Waals surface area contributed by atoms with Gasteiger partial charge in [-0.2, -0.15) is 0 Å². The number of rotatable bonds is 17. The van der Waals surface area contributed by atoms with Gasteiger partial charge in [-0.3, -0.25) is 0 Å². The van der Waals surface area contributed by atoms with Crippen LogP contribution in [0, 0.1) is 0 Å². The van der Waals surface area contributed by atoms with E-state index in [4.69, 9.17) is 9.47 Å². The molecule has 3 aromatic carbocycles. The van der Waals surface area contributed by atoms with Crippen molar-refractivity contribution in [3.8, 4) is 16.9 Å². The highest BCUT2D eigenvalue weighted by molar-refractivity contribution is 5.91. The second kappa shape index (κ2) is 16.8. The molecular formula is C35H46O3. The second-order valence-electron chi connectivity index (χ2n) is 10.3. The Balaban J connectivity index is 1.43. The van der Waals surface area contributed by atoms with Crippen LogP contribution in [0.15, 0.2) is 72.8 Å². The topological polar surface area (TPSA) is 35.5 Å². The van der Waals surface area contributed by atoms with E-state index in [-0.39, 0.29) is 12.1 Å². The summed E-state index contributed by atoms with van der Waals surface area (Å²) in [5, 5.41) is 0. The van der Waals surface area contributed by atoms with Gasteiger partial charge in [0.05, 0.1) is 11.7 Å². The molecule has 3 rings (SSSR count). The summed E-state index contributed by atoms with van der Waals surface area (Å²) >= 11 is 0. The Morgan fingerprint density at radius 3 is 1.82 bits per heavy atom. The van der Waals surface area contributed by atoms with Gasteiger partial charge in [0.2, 0.25) is 0 Å². The molecule has 0 radical (unpaired) electrons. The maximum Gasteiger partial charge on any atom is 0.343 e. The van der Waals surface area contributed by atoms with Crippen molar-refractivity contribution in [2.24, 2.45) is 0 Å². The summed E-state index contributed by atoms with van der Waals surface area (Å²) < 4.78 is 11.7. The van der Waals surface area contributed by atoms with Crippen molar-refractivity contribution in [2.75, 3.05) is 6.61 Å². The molecule has 0 amide bonds. The predicted octanol–water partition coefficient (Wildman–Crippen LogP) is 10.1. The van der Waals surface area contributed by atoms with E-state index in [1.165, 1.54) is 68.9 Å². The molecule has 0 bridgehead atoms. The molecule has 0 aliphatic rings. The van der Waals surface area contributed by atoms with E-state index >= 15 is 0 Å². The fraction of sp³-hybridized carbons (Fsp3) is 0.457. The number of carbonyl (C=O) groups excluding carboxylic acids is 1. The van der Waals surface area contributed by atoms with Crippen LogP contribution in [0.5, 0.6) is 5.75 Å². The summed E-state index contributed by atoms with van der Waals surface area (Å²) in [6, 6.07) is 24.0. The Hall–Kier alpha value is -2.91. The molecule has 0 heterocycles. The number of unbranched alkanes of at least 4 members (excludes halogenated alkanes) is 8. The van der Waals surface area contributed by atoms with Gasteiger partial charge in [-0.1, -0.05) is 114 Å². The molecule has 0 aromatic heterocycles. The van der Waals surface area contributed by atoms with Crippen molar-refractivity contribution in [1.82, 2.24) is 0 Å². The largest absolute Gasteiger partial charge is 0.423 e. The number of hydrogen-bond donors (Lipinski definition) is 0. The van der Waals surface area contributed by atoms with Gasteiger partial charge in [0.25, 0.3) is 0 Å². The SMILES string of the molecule is CCCCCCCCCCOC(C)c1ccc(-c2ccc(C(=O)Oc3ccc(CCCC)cc3)cc2)cc1. The molecular weight excluding hydrogens is 468 g/mol. The number of carbonyl (C=O) groups is 1. The van der Waals surface area contributed by atoms with Gasteiger partial charge in [-0.05, 0) is 72.7 Å². The first-order chi connectivity index (χ1) is 18.6. The van der Waals surface area contributed by atoms with Gasteiger partial charge < -0.3 is 9.47 Å². The maximum absolute atomic E-state index is 12.6. The first kappa shape index (κ1) is 29.6. The van der Waals surface area contributed by atoms with Crippen LogP contribution in [0.3, 0.4) is 0 Å². The fourth-order valence-corrected chi connectivity index (χ4v) is 4.61. The molecule has 38 heavy (non-hydrogen) atoms. The zero-order valence-corrected chi connectivity index (χ0v) is 23.7. The minimum Gasteiger partial charge on any atom is -0.423 e. The van der Waals surface area contributed by atoms with Gasteiger partial charge in [0.1, 0.15) is 5.75 Å². The lowest BCUT2D eigenvalue weighted by molar-refractivity contribution is 0.0627. The quantitative estimate of drug-likeness (QED) is 0.102. The normalized spacial score (nSPS) is 11.9. The van der Waals surface area contributed by atoms with Crippen LogP contribution >= 0.6 is 0 Å². The molecule has 3 nitrogen and oxygen atoms in total. The number of ether oxygens (including phenoxy) is 2. The van der Waals surface area contributed by atoms with Crippen molar-refractivity contribution in [3.05, 3.63) is 89.5 Å². The summed E-state index contributed by atoms with van der Waals surface area (Å²) in [5.74, 6) is 0.240. The van der Waals surface area contributed by atoms with Gasteiger partial charge >= 0.3 is 5.97 Å². The van der Waals surface area contributed by atoms with E-state index in [1.807, 2.05) is 48.5 Å². The average molecular weight is 515 g/mol. The predicted molar refractivity (Wildman–Crippen MR) is 159 cm³/mol. The van der Waals surface area contributed by atoms with E-state index in [0.717, 1.165) is 30.6 Å². The molecule has 0 aliphatic heterocycles. The average Bonchev–Trinajstić information content (AvgIpc) is 2.96. The molecule has 0 N–H and O–H groups in total. The van der Waals surface area contributed by atoms with Crippen LogP contribution in [0.2, 0.25) is 0 Å². The summed E-state index contributed by atoms with van der Waals surface area (Å²) in [6.07, 6.45) is 14.0. The van der Waals surface area contributed by atoms with Gasteiger partial charge in [-0.25, -0.2) is 4.79 Å². The monoisotopic (exact) mass is 514 g/mol. The molecule has 1 unspecified atom stereocenters. The molecule has 0 spiro atoms. The minimum absolute atomic E-state index is 0.0893. The van der Waals surface area contributed by atoms with Crippen LogP contribution in [-0.4, -0.2) is 12.6 Å². The molecule has 3 heteroatoms. The summed E-state index contributed by atoms with van der Waals surface area (Å²) in [5.41, 5.74) is 5.19. The maximum atomic E-state index is 12.6. The van der Waals surface area contributed by atoms with E-state index in [2.05, 4.69) is 45.0 Å². The highest BCUT2D eigenvalue weighted by Crippen LogP contribution is 2.25. The van der Waals surface area contributed by atoms with Gasteiger partial charge in [-0.15, -0.1) is 0 Å². The van der Waals surface area contributed by atoms with E-state index in [0.29, 0.717) is 11.3 Å². The van der Waals surface area contributed by atoms with E-state index < -0.39 is 0 Å². The molecule has 0 aliphatic carbocycles. The van der Waals surface area contributed by atoms with Crippen molar-refractivity contribution in [1.29, 1.82) is 0 Å². The van der Waals surface area contributed by atoms with Crippen LogP contribution in [0.1, 0.15) is 113 Å². The zero-order valence-electron chi connectivity index (χ0n) is 23.7. The number of aryl methyl sites for hydroxylation is 1. The Morgan fingerprint density at radius 1 is 0.658 bits per heavy atom. The molecule has 1 atom stereocenters. The van der Waals surface area contributed by atoms with Gasteiger partial charge in [0.15, 0.2) is 0 Å². The minimum atomic E-state index is -0.337. The van der Waals surface area contributed by atoms with Crippen LogP contribution < -0.4 is 4.74 Å². The summed E-state index contributed by atoms with van der Waals surface area (Å²) in [7, 11) is 0. The lowest BCUT2D eigenvalue weighted by Crippen LogP contribution is -2.08. The molecule has 204 valence electrons. The highest BCUT2D eigenvalue weighted by atomic mass is 16.5. The van der Waals surface area contributed by atoms with E-state index in [9.17, 15) is 4.79 Å². The lowest BCUT2D eigenvalue weighted by Gasteiger charge is -2.14. The van der Waals surface area contributed by atoms with Crippen LogP contribution in [0.4, 0.5) is 0 Å². The van der Waals surface area contributed by atoms with Crippen molar-refractivity contribution < 1.29 is 14.3 Å². The van der Waals surface area contributed by atoms with E-state index in [1.54, 1.807) is 0 Å². The Kier molecular flexibility index (Phi) is 13.1. The van der Waals surface area contributed by atoms with Crippen LogP contribution in [-0.2, 0) is 11.2 Å². The number of hydrogen-bond acceptors (Lipinski definition) is 3. The summed E-state index contributed by atoms with van der Waals surface area (Å²) in [6.45, 7) is 7.39. The van der Waals surface area contributed by atoms with Crippen LogP contribution in [0.25, 0.3) is 11.1 Å². The van der Waals surface area contributed by atoms with Crippen molar-refractivity contribution in [3.63, 3.8) is 0 Å². The third kappa shape index (κ3) is 10.1. The molecule has 0 saturated heterocycles.